The Balaban J connectivity index is 1.30. The van der Waals surface area contributed by atoms with Crippen LogP contribution in [0.1, 0.15) is 98.0 Å². The molecule has 3 aliphatic rings. The summed E-state index contributed by atoms with van der Waals surface area (Å²) in [6, 6.07) is 7.22. The molecule has 3 fully saturated rings. The van der Waals surface area contributed by atoms with E-state index in [0.717, 1.165) is 68.1 Å². The topological polar surface area (TPSA) is 91.3 Å². The zero-order valence-corrected chi connectivity index (χ0v) is 31.5. The van der Waals surface area contributed by atoms with Gasteiger partial charge in [-0.2, -0.15) is 0 Å². The standard InChI is InChI=1S/C39H61ClO7S/c1-8-25(3)20-37-29(7)34(24-48(42,43)33-14-10-30(9-2)11-15-33)38(47-37)23-35(41)28(6)26(4)21-31(40)12-16-36-27(5)22-32(46-36)13-17-39-44-18-19-45-39/h10-11,14-15,25-26,29,31-32,34-39,41H,5-6,8-9,12-13,16-24H2,1-4,7H3/t25-,26-,29-,31+,32+,34-,35-,36+,37-,38+/m1/s1. The highest BCUT2D eigenvalue weighted by Crippen LogP contribution is 2.41. The molecule has 272 valence electrons. The number of ether oxygens (including phenoxy) is 4. The molecule has 10 atom stereocenters. The molecule has 0 amide bonds. The van der Waals surface area contributed by atoms with Gasteiger partial charge in [0.25, 0.3) is 0 Å². The molecule has 3 saturated heterocycles. The number of aliphatic hydroxyl groups is 1. The maximum atomic E-state index is 13.6. The highest BCUT2D eigenvalue weighted by atomic mass is 35.5. The van der Waals surface area contributed by atoms with Crippen molar-refractivity contribution in [1.29, 1.82) is 0 Å². The molecule has 1 N–H and O–H groups in total. The minimum absolute atomic E-state index is 0.00264. The molecule has 7 nitrogen and oxygen atoms in total. The fraction of sp³-hybridized carbons (Fsp3) is 0.744. The van der Waals surface area contributed by atoms with Gasteiger partial charge >= 0.3 is 0 Å². The number of halogens is 1. The van der Waals surface area contributed by atoms with Gasteiger partial charge in [0.15, 0.2) is 16.1 Å². The molecule has 0 bridgehead atoms. The second-order valence-corrected chi connectivity index (χ2v) is 17.4. The fourth-order valence-electron chi connectivity index (χ4n) is 7.49. The summed E-state index contributed by atoms with van der Waals surface area (Å²) in [6.07, 6.45) is 6.73. The van der Waals surface area contributed by atoms with E-state index in [1.807, 2.05) is 12.1 Å². The molecule has 1 aromatic carbocycles. The van der Waals surface area contributed by atoms with Crippen LogP contribution in [0.3, 0.4) is 0 Å². The van der Waals surface area contributed by atoms with Crippen LogP contribution in [0, 0.1) is 23.7 Å². The van der Waals surface area contributed by atoms with E-state index in [1.54, 1.807) is 12.1 Å². The molecule has 9 heteroatoms. The lowest BCUT2D eigenvalue weighted by molar-refractivity contribution is -0.0585. The molecule has 0 radical (unpaired) electrons. The van der Waals surface area contributed by atoms with Gasteiger partial charge in [-0.15, -0.1) is 11.6 Å². The Morgan fingerprint density at radius 1 is 1.02 bits per heavy atom. The molecule has 0 saturated carbocycles. The molecule has 4 rings (SSSR count). The Morgan fingerprint density at radius 2 is 1.71 bits per heavy atom. The molecule has 3 heterocycles. The average Bonchev–Trinajstić information content (AvgIpc) is 3.78. The summed E-state index contributed by atoms with van der Waals surface area (Å²) in [6.45, 7) is 20.5. The summed E-state index contributed by atoms with van der Waals surface area (Å²) in [4.78, 5) is 0.345. The van der Waals surface area contributed by atoms with Gasteiger partial charge in [0, 0.05) is 24.1 Å². The van der Waals surface area contributed by atoms with Gasteiger partial charge < -0.3 is 24.1 Å². The zero-order valence-electron chi connectivity index (χ0n) is 29.9. The summed E-state index contributed by atoms with van der Waals surface area (Å²) < 4.78 is 51.2. The van der Waals surface area contributed by atoms with E-state index in [1.165, 1.54) is 0 Å². The Labute approximate surface area is 295 Å². The molecular formula is C39H61ClO7S. The van der Waals surface area contributed by atoms with Gasteiger partial charge in [0.05, 0.1) is 54.4 Å². The molecule has 48 heavy (non-hydrogen) atoms. The Morgan fingerprint density at radius 3 is 2.35 bits per heavy atom. The van der Waals surface area contributed by atoms with Crippen LogP contribution in [0.15, 0.2) is 53.5 Å². The number of aryl methyl sites for hydroxylation is 1. The third-order valence-electron chi connectivity index (χ3n) is 11.1. The summed E-state index contributed by atoms with van der Waals surface area (Å²) in [7, 11) is -3.54. The monoisotopic (exact) mass is 708 g/mol. The van der Waals surface area contributed by atoms with Crippen molar-refractivity contribution in [3.63, 3.8) is 0 Å². The zero-order chi connectivity index (χ0) is 35.0. The van der Waals surface area contributed by atoms with Crippen molar-refractivity contribution in [3.05, 3.63) is 54.1 Å². The second kappa shape index (κ2) is 18.3. The van der Waals surface area contributed by atoms with Crippen LogP contribution < -0.4 is 0 Å². The second-order valence-electron chi connectivity index (χ2n) is 14.8. The Kier molecular flexibility index (Phi) is 15.1. The smallest absolute Gasteiger partial charge is 0.178 e. The number of hydrogen-bond donors (Lipinski definition) is 1. The van der Waals surface area contributed by atoms with Crippen LogP contribution in [0.5, 0.6) is 0 Å². The van der Waals surface area contributed by atoms with Crippen LogP contribution in [-0.4, -0.2) is 74.7 Å². The van der Waals surface area contributed by atoms with Gasteiger partial charge in [-0.1, -0.05) is 66.3 Å². The SMILES string of the molecule is C=C([C@H](C)C[C@@H](Cl)CC[C@@H]1O[C@@H](CCC2OCCO2)CC1=C)[C@H](O)C[C@@H]1O[C@H](C[C@H](C)CC)[C@H](C)[C@H]1CS(=O)(=O)c1ccc(CC)cc1. The lowest BCUT2D eigenvalue weighted by Gasteiger charge is -2.27. The highest BCUT2D eigenvalue weighted by molar-refractivity contribution is 7.91. The summed E-state index contributed by atoms with van der Waals surface area (Å²) >= 11 is 6.85. The maximum Gasteiger partial charge on any atom is 0.178 e. The van der Waals surface area contributed by atoms with Gasteiger partial charge in [-0.25, -0.2) is 8.42 Å². The Bertz CT molecular complexity index is 1280. The van der Waals surface area contributed by atoms with Crippen molar-refractivity contribution in [3.8, 4) is 0 Å². The van der Waals surface area contributed by atoms with Crippen molar-refractivity contribution < 1.29 is 32.5 Å². The van der Waals surface area contributed by atoms with Crippen molar-refractivity contribution >= 4 is 21.4 Å². The first-order valence-corrected chi connectivity index (χ1v) is 20.4. The van der Waals surface area contributed by atoms with Crippen LogP contribution in [-0.2, 0) is 35.2 Å². The normalized spacial score (nSPS) is 29.3. The summed E-state index contributed by atoms with van der Waals surface area (Å²) in [5.41, 5.74) is 2.95. The van der Waals surface area contributed by atoms with E-state index in [9.17, 15) is 13.5 Å². The van der Waals surface area contributed by atoms with Crippen LogP contribution in [0.4, 0.5) is 0 Å². The quantitative estimate of drug-likeness (QED) is 0.115. The predicted molar refractivity (Wildman–Crippen MR) is 193 cm³/mol. The molecule has 0 aromatic heterocycles. The van der Waals surface area contributed by atoms with E-state index in [-0.39, 0.29) is 59.6 Å². The van der Waals surface area contributed by atoms with Crippen molar-refractivity contribution in [2.24, 2.45) is 23.7 Å². The molecule has 0 unspecified atom stereocenters. The highest BCUT2D eigenvalue weighted by Gasteiger charge is 2.45. The predicted octanol–water partition coefficient (Wildman–Crippen LogP) is 8.07. The molecule has 3 aliphatic heterocycles. The number of hydrogen-bond acceptors (Lipinski definition) is 7. The summed E-state index contributed by atoms with van der Waals surface area (Å²) in [5.74, 6) is 0.278. The lowest BCUT2D eigenvalue weighted by atomic mass is 9.83. The first-order valence-electron chi connectivity index (χ1n) is 18.3. The van der Waals surface area contributed by atoms with E-state index < -0.39 is 15.9 Å². The van der Waals surface area contributed by atoms with E-state index in [4.69, 9.17) is 30.5 Å². The third-order valence-corrected chi connectivity index (χ3v) is 13.3. The van der Waals surface area contributed by atoms with E-state index in [0.29, 0.717) is 36.9 Å². The number of sulfone groups is 1. The third kappa shape index (κ3) is 10.9. The lowest BCUT2D eigenvalue weighted by Crippen LogP contribution is -2.32. The van der Waals surface area contributed by atoms with Gasteiger partial charge in [0.2, 0.25) is 0 Å². The number of benzene rings is 1. The number of alkyl halides is 1. The van der Waals surface area contributed by atoms with E-state index in [2.05, 4.69) is 47.8 Å². The first-order chi connectivity index (χ1) is 22.8. The molecule has 1 aromatic rings. The average molecular weight is 709 g/mol. The first kappa shape index (κ1) is 39.5. The van der Waals surface area contributed by atoms with Crippen molar-refractivity contribution in [2.75, 3.05) is 19.0 Å². The molecule has 0 aliphatic carbocycles. The van der Waals surface area contributed by atoms with Gasteiger partial charge in [0.1, 0.15) is 0 Å². The van der Waals surface area contributed by atoms with Crippen molar-refractivity contribution in [1.82, 2.24) is 0 Å². The van der Waals surface area contributed by atoms with Gasteiger partial charge in [-0.05, 0) is 91.5 Å². The van der Waals surface area contributed by atoms with Crippen LogP contribution in [0.2, 0.25) is 0 Å². The fourth-order valence-corrected chi connectivity index (χ4v) is 9.65. The number of aliphatic hydroxyl groups excluding tert-OH is 1. The van der Waals surface area contributed by atoms with Crippen molar-refractivity contribution in [2.45, 2.75) is 146 Å². The molecule has 0 spiro atoms. The van der Waals surface area contributed by atoms with Crippen LogP contribution in [0.25, 0.3) is 0 Å². The maximum absolute atomic E-state index is 13.6. The Hall–Kier alpha value is -1.26. The minimum Gasteiger partial charge on any atom is -0.389 e. The van der Waals surface area contributed by atoms with E-state index >= 15 is 0 Å². The minimum atomic E-state index is -3.54. The largest absolute Gasteiger partial charge is 0.389 e. The number of rotatable bonds is 19. The summed E-state index contributed by atoms with van der Waals surface area (Å²) in [5, 5.41) is 11.3. The molecular weight excluding hydrogens is 648 g/mol. The van der Waals surface area contributed by atoms with Gasteiger partial charge in [-0.3, -0.25) is 0 Å². The van der Waals surface area contributed by atoms with Crippen LogP contribution >= 0.6 is 11.6 Å².